The molecule has 27 heavy (non-hydrogen) atoms. The Kier molecular flexibility index (Phi) is 4.62. The summed E-state index contributed by atoms with van der Waals surface area (Å²) in [5.41, 5.74) is 3.57. The van der Waals surface area contributed by atoms with Gasteiger partial charge in [0.1, 0.15) is 5.65 Å². The van der Waals surface area contributed by atoms with E-state index in [0.29, 0.717) is 17.2 Å². The van der Waals surface area contributed by atoms with Crippen molar-refractivity contribution < 1.29 is 9.59 Å². The lowest BCUT2D eigenvalue weighted by Gasteiger charge is -2.32. The number of H-pyrrole nitrogens is 1. The van der Waals surface area contributed by atoms with Crippen molar-refractivity contribution in [2.75, 3.05) is 18.4 Å². The fourth-order valence-electron chi connectivity index (χ4n) is 3.79. The standard InChI is InChI=1S/C21H22N4O2/c1-14(26)24-17-6-4-16(5-7-17)21(27)25-11-8-15(9-12-25)19-13-23-20-18(19)3-2-10-22-20/h2-7,10,13,15H,8-9,11-12H2,1H3,(H,22,23)(H,24,26). The van der Waals surface area contributed by atoms with Crippen LogP contribution in [0.1, 0.15) is 41.6 Å². The van der Waals surface area contributed by atoms with Crippen molar-refractivity contribution in [2.24, 2.45) is 0 Å². The van der Waals surface area contributed by atoms with E-state index in [4.69, 9.17) is 0 Å². The monoisotopic (exact) mass is 362 g/mol. The van der Waals surface area contributed by atoms with Gasteiger partial charge in [0.15, 0.2) is 0 Å². The van der Waals surface area contributed by atoms with Crippen molar-refractivity contribution >= 4 is 28.5 Å². The summed E-state index contributed by atoms with van der Waals surface area (Å²) in [5, 5.41) is 3.89. The van der Waals surface area contributed by atoms with Crippen molar-refractivity contribution in [1.82, 2.24) is 14.9 Å². The van der Waals surface area contributed by atoms with Crippen LogP contribution in [0.15, 0.2) is 48.8 Å². The molecule has 0 saturated carbocycles. The lowest BCUT2D eigenvalue weighted by Crippen LogP contribution is -2.37. The molecule has 0 spiro atoms. The van der Waals surface area contributed by atoms with Gasteiger partial charge < -0.3 is 15.2 Å². The minimum Gasteiger partial charge on any atom is -0.346 e. The topological polar surface area (TPSA) is 78.1 Å². The number of anilines is 1. The number of aromatic amines is 1. The van der Waals surface area contributed by atoms with E-state index in [1.807, 2.05) is 11.0 Å². The van der Waals surface area contributed by atoms with Crippen molar-refractivity contribution in [3.8, 4) is 0 Å². The highest BCUT2D eigenvalue weighted by Crippen LogP contribution is 2.33. The first kappa shape index (κ1) is 17.3. The molecule has 2 amide bonds. The zero-order valence-electron chi connectivity index (χ0n) is 15.2. The molecular weight excluding hydrogens is 340 g/mol. The van der Waals surface area contributed by atoms with Gasteiger partial charge in [0, 0.05) is 49.0 Å². The molecule has 1 aliphatic rings. The molecule has 1 aliphatic heterocycles. The molecule has 138 valence electrons. The molecule has 3 heterocycles. The number of nitrogens with zero attached hydrogens (tertiary/aromatic N) is 2. The highest BCUT2D eigenvalue weighted by molar-refractivity contribution is 5.95. The second kappa shape index (κ2) is 7.23. The third kappa shape index (κ3) is 3.56. The van der Waals surface area contributed by atoms with Crippen LogP contribution in [0.2, 0.25) is 0 Å². The molecule has 4 rings (SSSR count). The number of pyridine rings is 1. The quantitative estimate of drug-likeness (QED) is 0.748. The minimum absolute atomic E-state index is 0.0448. The normalized spacial score (nSPS) is 15.1. The number of carbonyl (C=O) groups excluding carboxylic acids is 2. The summed E-state index contributed by atoms with van der Waals surface area (Å²) in [6.45, 7) is 2.95. The van der Waals surface area contributed by atoms with Crippen molar-refractivity contribution in [2.45, 2.75) is 25.7 Å². The summed E-state index contributed by atoms with van der Waals surface area (Å²) < 4.78 is 0. The van der Waals surface area contributed by atoms with Gasteiger partial charge in [-0.2, -0.15) is 0 Å². The molecule has 0 bridgehead atoms. The maximum Gasteiger partial charge on any atom is 0.253 e. The Morgan fingerprint density at radius 2 is 1.89 bits per heavy atom. The van der Waals surface area contributed by atoms with Gasteiger partial charge in [-0.25, -0.2) is 4.98 Å². The van der Waals surface area contributed by atoms with Crippen LogP contribution in [0.5, 0.6) is 0 Å². The maximum absolute atomic E-state index is 12.8. The lowest BCUT2D eigenvalue weighted by molar-refractivity contribution is -0.114. The van der Waals surface area contributed by atoms with Gasteiger partial charge >= 0.3 is 0 Å². The van der Waals surface area contributed by atoms with Crippen LogP contribution in [0.3, 0.4) is 0 Å². The molecule has 1 aromatic carbocycles. The Hall–Kier alpha value is -3.15. The van der Waals surface area contributed by atoms with Crippen molar-refractivity contribution in [3.05, 3.63) is 59.9 Å². The van der Waals surface area contributed by atoms with E-state index in [1.165, 1.54) is 17.9 Å². The molecule has 0 atom stereocenters. The number of rotatable bonds is 3. The summed E-state index contributed by atoms with van der Waals surface area (Å²) in [5.74, 6) is 0.362. The molecule has 6 nitrogen and oxygen atoms in total. The third-order valence-corrected chi connectivity index (χ3v) is 5.16. The van der Waals surface area contributed by atoms with E-state index in [-0.39, 0.29) is 11.8 Å². The fourth-order valence-corrected chi connectivity index (χ4v) is 3.79. The van der Waals surface area contributed by atoms with E-state index < -0.39 is 0 Å². The van der Waals surface area contributed by atoms with Gasteiger partial charge in [-0.15, -0.1) is 0 Å². The predicted molar refractivity (Wildman–Crippen MR) is 105 cm³/mol. The van der Waals surface area contributed by atoms with Crippen LogP contribution in [0.25, 0.3) is 11.0 Å². The Morgan fingerprint density at radius 1 is 1.15 bits per heavy atom. The van der Waals surface area contributed by atoms with Crippen molar-refractivity contribution in [3.63, 3.8) is 0 Å². The largest absolute Gasteiger partial charge is 0.346 e. The number of amides is 2. The first-order valence-electron chi connectivity index (χ1n) is 9.21. The van der Waals surface area contributed by atoms with Crippen LogP contribution < -0.4 is 5.32 Å². The molecule has 3 aromatic rings. The molecule has 2 aromatic heterocycles. The highest BCUT2D eigenvalue weighted by atomic mass is 16.2. The Balaban J connectivity index is 1.41. The van der Waals surface area contributed by atoms with E-state index in [1.54, 1.807) is 30.5 Å². The van der Waals surface area contributed by atoms with Crippen molar-refractivity contribution in [1.29, 1.82) is 0 Å². The molecule has 1 saturated heterocycles. The van der Waals surface area contributed by atoms with Crippen LogP contribution in [0, 0.1) is 0 Å². The molecule has 0 unspecified atom stereocenters. The zero-order chi connectivity index (χ0) is 18.8. The summed E-state index contributed by atoms with van der Waals surface area (Å²) in [4.78, 5) is 33.4. The Morgan fingerprint density at radius 3 is 2.59 bits per heavy atom. The Bertz CT molecular complexity index is 969. The second-order valence-corrected chi connectivity index (χ2v) is 6.97. The fraction of sp³-hybridized carbons (Fsp3) is 0.286. The second-order valence-electron chi connectivity index (χ2n) is 6.97. The van der Waals surface area contributed by atoms with Gasteiger partial charge in [0.2, 0.25) is 5.91 Å². The third-order valence-electron chi connectivity index (χ3n) is 5.16. The molecule has 0 aliphatic carbocycles. The molecule has 6 heteroatoms. The number of hydrogen-bond donors (Lipinski definition) is 2. The van der Waals surface area contributed by atoms with E-state index in [2.05, 4.69) is 27.5 Å². The van der Waals surface area contributed by atoms with E-state index >= 15 is 0 Å². The number of likely N-dealkylation sites (tertiary alicyclic amines) is 1. The van der Waals surface area contributed by atoms with Gasteiger partial charge in [0.25, 0.3) is 5.91 Å². The average molecular weight is 362 g/mol. The smallest absolute Gasteiger partial charge is 0.253 e. The molecule has 0 radical (unpaired) electrons. The van der Waals surface area contributed by atoms with Crippen LogP contribution in [0.4, 0.5) is 5.69 Å². The van der Waals surface area contributed by atoms with Crippen LogP contribution in [-0.4, -0.2) is 39.8 Å². The average Bonchev–Trinajstić information content (AvgIpc) is 3.12. The number of fused-ring (bicyclic) bond motifs is 1. The minimum atomic E-state index is -0.122. The number of nitrogens with one attached hydrogen (secondary N) is 2. The first-order chi connectivity index (χ1) is 13.1. The highest BCUT2D eigenvalue weighted by Gasteiger charge is 2.26. The number of piperidine rings is 1. The number of benzene rings is 1. The van der Waals surface area contributed by atoms with E-state index in [0.717, 1.165) is 31.6 Å². The summed E-state index contributed by atoms with van der Waals surface area (Å²) in [6, 6.07) is 11.1. The van der Waals surface area contributed by atoms with Gasteiger partial charge in [-0.1, -0.05) is 0 Å². The Labute approximate surface area is 157 Å². The first-order valence-corrected chi connectivity index (χ1v) is 9.21. The molecule has 1 fully saturated rings. The lowest BCUT2D eigenvalue weighted by atomic mass is 9.89. The molecular formula is C21H22N4O2. The van der Waals surface area contributed by atoms with Crippen LogP contribution in [-0.2, 0) is 4.79 Å². The SMILES string of the molecule is CC(=O)Nc1ccc(C(=O)N2CCC(c3c[nH]c4ncccc34)CC2)cc1. The van der Waals surface area contributed by atoms with E-state index in [9.17, 15) is 9.59 Å². The summed E-state index contributed by atoms with van der Waals surface area (Å²) >= 11 is 0. The number of carbonyl (C=O) groups is 2. The van der Waals surface area contributed by atoms with Crippen LogP contribution >= 0.6 is 0 Å². The zero-order valence-corrected chi connectivity index (χ0v) is 15.2. The van der Waals surface area contributed by atoms with Gasteiger partial charge in [-0.05, 0) is 60.7 Å². The maximum atomic E-state index is 12.8. The predicted octanol–water partition coefficient (Wildman–Crippen LogP) is 3.54. The molecule has 2 N–H and O–H groups in total. The number of hydrogen-bond acceptors (Lipinski definition) is 3. The van der Waals surface area contributed by atoms with Gasteiger partial charge in [-0.3, -0.25) is 9.59 Å². The van der Waals surface area contributed by atoms with Gasteiger partial charge in [0.05, 0.1) is 0 Å². The summed E-state index contributed by atoms with van der Waals surface area (Å²) in [7, 11) is 0. The number of aromatic nitrogens is 2. The summed E-state index contributed by atoms with van der Waals surface area (Å²) in [6.07, 6.45) is 5.73.